The van der Waals surface area contributed by atoms with E-state index in [9.17, 15) is 4.79 Å². The molecule has 0 unspecified atom stereocenters. The molecular weight excluding hydrogens is 368 g/mol. The van der Waals surface area contributed by atoms with Gasteiger partial charge < -0.3 is 10.6 Å². The predicted molar refractivity (Wildman–Crippen MR) is 113 cm³/mol. The quantitative estimate of drug-likeness (QED) is 0.689. The highest BCUT2D eigenvalue weighted by Crippen LogP contribution is 2.33. The molecule has 1 aromatic carbocycles. The summed E-state index contributed by atoms with van der Waals surface area (Å²) in [4.78, 5) is 16.0. The molecule has 1 saturated carbocycles. The van der Waals surface area contributed by atoms with Crippen LogP contribution < -0.4 is 5.73 Å². The number of nitrogens with two attached hydrogens (primary N) is 1. The summed E-state index contributed by atoms with van der Waals surface area (Å²) in [6, 6.07) is 14.2. The summed E-state index contributed by atoms with van der Waals surface area (Å²) >= 11 is 1.67. The molecule has 0 radical (unpaired) electrons. The number of hydrogen-bond donors (Lipinski definition) is 1. The number of carbonyl (C=O) groups excluding carboxylic acids is 1. The fraction of sp³-hybridized carbons (Fsp3) is 0.364. The highest BCUT2D eigenvalue weighted by molar-refractivity contribution is 7.13. The van der Waals surface area contributed by atoms with Gasteiger partial charge in [0.1, 0.15) is 5.69 Å². The Bertz CT molecular complexity index is 919. The molecule has 2 heterocycles. The summed E-state index contributed by atoms with van der Waals surface area (Å²) in [6.07, 6.45) is 5.15. The van der Waals surface area contributed by atoms with Gasteiger partial charge in [0.15, 0.2) is 0 Å². The van der Waals surface area contributed by atoms with Gasteiger partial charge in [-0.3, -0.25) is 4.79 Å². The Morgan fingerprint density at radius 1 is 1.25 bits per heavy atom. The van der Waals surface area contributed by atoms with Gasteiger partial charge in [0, 0.05) is 31.3 Å². The summed E-state index contributed by atoms with van der Waals surface area (Å²) in [5.41, 5.74) is 8.91. The first kappa shape index (κ1) is 18.9. The molecular formula is C22H26N4OS. The van der Waals surface area contributed by atoms with E-state index in [2.05, 4.69) is 11.4 Å². The number of amides is 1. The summed E-state index contributed by atoms with van der Waals surface area (Å²) in [7, 11) is 1.90. The highest BCUT2D eigenvalue weighted by Gasteiger charge is 2.34. The zero-order valence-electron chi connectivity index (χ0n) is 16.1. The molecule has 0 saturated heterocycles. The lowest BCUT2D eigenvalue weighted by atomic mass is 9.95. The Balaban J connectivity index is 1.61. The predicted octanol–water partition coefficient (Wildman–Crippen LogP) is 3.93. The number of aromatic nitrogens is 2. The Labute approximate surface area is 169 Å². The second kappa shape index (κ2) is 8.29. The normalized spacial score (nSPS) is 19.1. The molecule has 3 aromatic rings. The Morgan fingerprint density at radius 3 is 2.79 bits per heavy atom. The number of benzene rings is 1. The molecule has 2 N–H and O–H groups in total. The van der Waals surface area contributed by atoms with Crippen molar-refractivity contribution in [2.75, 3.05) is 13.6 Å². The summed E-state index contributed by atoms with van der Waals surface area (Å²) < 4.78 is 1.90. The van der Waals surface area contributed by atoms with Crippen LogP contribution in [0, 0.1) is 11.8 Å². The molecule has 28 heavy (non-hydrogen) atoms. The first-order chi connectivity index (χ1) is 13.7. The van der Waals surface area contributed by atoms with Crippen LogP contribution in [0.25, 0.3) is 16.3 Å². The van der Waals surface area contributed by atoms with Gasteiger partial charge in [-0.1, -0.05) is 30.7 Å². The van der Waals surface area contributed by atoms with Gasteiger partial charge in [-0.25, -0.2) is 4.68 Å². The van der Waals surface area contributed by atoms with Gasteiger partial charge in [-0.15, -0.1) is 11.3 Å². The SMILES string of the molecule is CN(Cc1cn(-c2ccccc2)nc1-c1cccs1)C(=O)[C@@H]1CCC[C@@H]1CN. The zero-order valence-corrected chi connectivity index (χ0v) is 16.9. The lowest BCUT2D eigenvalue weighted by molar-refractivity contribution is -0.135. The van der Waals surface area contributed by atoms with Crippen LogP contribution in [0.15, 0.2) is 54.0 Å². The van der Waals surface area contributed by atoms with E-state index in [0.717, 1.165) is 41.1 Å². The summed E-state index contributed by atoms with van der Waals surface area (Å²) in [5, 5.41) is 6.89. The molecule has 1 aliphatic carbocycles. The minimum absolute atomic E-state index is 0.0596. The fourth-order valence-electron chi connectivity index (χ4n) is 4.12. The molecule has 1 fully saturated rings. The molecule has 1 aliphatic rings. The monoisotopic (exact) mass is 394 g/mol. The van der Waals surface area contributed by atoms with E-state index in [1.807, 2.05) is 59.2 Å². The van der Waals surface area contributed by atoms with Crippen molar-refractivity contribution in [3.8, 4) is 16.3 Å². The van der Waals surface area contributed by atoms with Crippen molar-refractivity contribution in [1.29, 1.82) is 0 Å². The van der Waals surface area contributed by atoms with Gasteiger partial charge >= 0.3 is 0 Å². The molecule has 5 nitrogen and oxygen atoms in total. The van der Waals surface area contributed by atoms with E-state index in [1.54, 1.807) is 11.3 Å². The van der Waals surface area contributed by atoms with Crippen molar-refractivity contribution in [2.24, 2.45) is 17.6 Å². The van der Waals surface area contributed by atoms with E-state index < -0.39 is 0 Å². The van der Waals surface area contributed by atoms with Gasteiger partial charge in [0.05, 0.1) is 10.6 Å². The molecule has 6 heteroatoms. The fourth-order valence-corrected chi connectivity index (χ4v) is 4.86. The lowest BCUT2D eigenvalue weighted by Gasteiger charge is -2.24. The molecule has 2 atom stereocenters. The van der Waals surface area contributed by atoms with Gasteiger partial charge in [0.2, 0.25) is 5.91 Å². The minimum atomic E-state index is 0.0596. The maximum Gasteiger partial charge on any atom is 0.226 e. The number of carbonyl (C=O) groups is 1. The van der Waals surface area contributed by atoms with Crippen molar-refractivity contribution in [2.45, 2.75) is 25.8 Å². The van der Waals surface area contributed by atoms with Crippen LogP contribution in [0.2, 0.25) is 0 Å². The Morgan fingerprint density at radius 2 is 2.07 bits per heavy atom. The summed E-state index contributed by atoms with van der Waals surface area (Å²) in [5.74, 6) is 0.584. The van der Waals surface area contributed by atoms with E-state index >= 15 is 0 Å². The van der Waals surface area contributed by atoms with Gasteiger partial charge in [-0.05, 0) is 48.9 Å². The molecule has 0 spiro atoms. The first-order valence-corrected chi connectivity index (χ1v) is 10.7. The van der Waals surface area contributed by atoms with Crippen LogP contribution in [0.1, 0.15) is 24.8 Å². The number of para-hydroxylation sites is 1. The van der Waals surface area contributed by atoms with Crippen LogP contribution >= 0.6 is 11.3 Å². The topological polar surface area (TPSA) is 64.2 Å². The lowest BCUT2D eigenvalue weighted by Crippen LogP contribution is -2.36. The van der Waals surface area contributed by atoms with Gasteiger partial charge in [0.25, 0.3) is 0 Å². The Kier molecular flexibility index (Phi) is 5.59. The standard InChI is InChI=1S/C22H26N4OS/c1-25(22(27)19-10-5-7-16(19)13-23)14-17-15-26(18-8-3-2-4-9-18)24-21(17)20-11-6-12-28-20/h2-4,6,8-9,11-12,15-16,19H,5,7,10,13-14,23H2,1H3/t16-,19-/m1/s1. The van der Waals surface area contributed by atoms with Crippen molar-refractivity contribution in [1.82, 2.24) is 14.7 Å². The number of thiophene rings is 1. The van der Waals surface area contributed by atoms with E-state index in [4.69, 9.17) is 10.8 Å². The van der Waals surface area contributed by atoms with Gasteiger partial charge in [-0.2, -0.15) is 5.10 Å². The maximum atomic E-state index is 13.0. The van der Waals surface area contributed by atoms with Crippen molar-refractivity contribution < 1.29 is 4.79 Å². The first-order valence-electron chi connectivity index (χ1n) is 9.80. The van der Waals surface area contributed by atoms with E-state index in [-0.39, 0.29) is 11.8 Å². The number of nitrogens with zero attached hydrogens (tertiary/aromatic N) is 3. The summed E-state index contributed by atoms with van der Waals surface area (Å²) in [6.45, 7) is 1.14. The third-order valence-electron chi connectivity index (χ3n) is 5.63. The third kappa shape index (κ3) is 3.75. The smallest absolute Gasteiger partial charge is 0.226 e. The van der Waals surface area contributed by atoms with Crippen LogP contribution in [0.5, 0.6) is 0 Å². The van der Waals surface area contributed by atoms with Crippen molar-refractivity contribution >= 4 is 17.2 Å². The van der Waals surface area contributed by atoms with E-state index in [1.165, 1.54) is 0 Å². The van der Waals surface area contributed by atoms with Crippen LogP contribution in [0.3, 0.4) is 0 Å². The van der Waals surface area contributed by atoms with Crippen LogP contribution in [0.4, 0.5) is 0 Å². The second-order valence-corrected chi connectivity index (χ2v) is 8.44. The largest absolute Gasteiger partial charge is 0.341 e. The molecule has 4 rings (SSSR count). The average molecular weight is 395 g/mol. The Hall–Kier alpha value is -2.44. The van der Waals surface area contributed by atoms with Crippen LogP contribution in [-0.2, 0) is 11.3 Å². The number of rotatable bonds is 6. The molecule has 1 amide bonds. The number of hydrogen-bond acceptors (Lipinski definition) is 4. The maximum absolute atomic E-state index is 13.0. The molecule has 0 aliphatic heterocycles. The highest BCUT2D eigenvalue weighted by atomic mass is 32.1. The third-order valence-corrected chi connectivity index (χ3v) is 6.50. The van der Waals surface area contributed by atoms with Crippen molar-refractivity contribution in [3.05, 3.63) is 59.6 Å². The molecule has 146 valence electrons. The van der Waals surface area contributed by atoms with E-state index in [0.29, 0.717) is 19.0 Å². The zero-order chi connectivity index (χ0) is 19.5. The van der Waals surface area contributed by atoms with Crippen LogP contribution in [-0.4, -0.2) is 34.2 Å². The second-order valence-electron chi connectivity index (χ2n) is 7.49. The minimum Gasteiger partial charge on any atom is -0.341 e. The molecule has 0 bridgehead atoms. The average Bonchev–Trinajstić information content (AvgIpc) is 3.47. The molecule has 2 aromatic heterocycles. The van der Waals surface area contributed by atoms with Crippen molar-refractivity contribution in [3.63, 3.8) is 0 Å².